The third-order valence-corrected chi connectivity index (χ3v) is 7.83. The van der Waals surface area contributed by atoms with Crippen LogP contribution in [0.3, 0.4) is 0 Å². The zero-order valence-corrected chi connectivity index (χ0v) is 18.6. The number of amides is 1. The van der Waals surface area contributed by atoms with Gasteiger partial charge in [0.2, 0.25) is 6.41 Å². The number of halogens is 1. The van der Waals surface area contributed by atoms with E-state index in [2.05, 4.69) is 5.32 Å². The van der Waals surface area contributed by atoms with Crippen molar-refractivity contribution in [2.24, 2.45) is 0 Å². The molecule has 0 spiro atoms. The fourth-order valence-electron chi connectivity index (χ4n) is 6.22. The van der Waals surface area contributed by atoms with Gasteiger partial charge in [0, 0.05) is 34.9 Å². The molecule has 3 aliphatic rings. The molecule has 0 saturated carbocycles. The first-order valence-electron chi connectivity index (χ1n) is 11.6. The lowest BCUT2D eigenvalue weighted by atomic mass is 9.80. The first-order valence-corrected chi connectivity index (χ1v) is 11.6. The number of nitrogens with zero attached hydrogens (tertiary/aromatic N) is 2. The van der Waals surface area contributed by atoms with Crippen LogP contribution in [0.25, 0.3) is 22.3 Å². The number of hydrogen-bond donors (Lipinski definition) is 1. The lowest BCUT2D eigenvalue weighted by Crippen LogP contribution is -2.31. The summed E-state index contributed by atoms with van der Waals surface area (Å²) in [6.45, 7) is 4.12. The highest BCUT2D eigenvalue weighted by atomic mass is 19.1. The van der Waals surface area contributed by atoms with Gasteiger partial charge in [0.1, 0.15) is 11.6 Å². The van der Waals surface area contributed by atoms with Crippen molar-refractivity contribution in [1.82, 2.24) is 14.9 Å². The summed E-state index contributed by atoms with van der Waals surface area (Å²) in [5.74, 6) is -0.395. The molecule has 6 nitrogen and oxygen atoms in total. The van der Waals surface area contributed by atoms with Gasteiger partial charge in [0.25, 0.3) is 5.56 Å². The van der Waals surface area contributed by atoms with Crippen LogP contribution in [0.4, 0.5) is 4.39 Å². The van der Waals surface area contributed by atoms with Crippen LogP contribution in [0.15, 0.2) is 16.9 Å². The minimum Gasteiger partial charge on any atom is -0.352 e. The minimum atomic E-state index is -0.296. The molecule has 1 amide bonds. The summed E-state index contributed by atoms with van der Waals surface area (Å²) in [6.07, 6.45) is 3.53. The summed E-state index contributed by atoms with van der Waals surface area (Å²) in [7, 11) is 0. The summed E-state index contributed by atoms with van der Waals surface area (Å²) in [5, 5.41) is 3.83. The standard InChI is InChI=1S/C26H24FN3O3/c1-3-13-16-8-21-25-17(10-30(21)26(33)15(16)5-7-22(13)32)24-19(28-11-31)6-4-14-12(2)18(27)9-20(29-25)23(14)24/h8-9,11,13,19H,3-7,10H2,1-2H3,(H,28,31). The Bertz CT molecular complexity index is 1460. The van der Waals surface area contributed by atoms with E-state index in [1.54, 1.807) is 11.5 Å². The molecule has 168 valence electrons. The summed E-state index contributed by atoms with van der Waals surface area (Å²) in [4.78, 5) is 42.3. The molecule has 7 heteroatoms. The van der Waals surface area contributed by atoms with Crippen LogP contribution < -0.4 is 10.9 Å². The van der Waals surface area contributed by atoms with Crippen LogP contribution in [0.5, 0.6) is 0 Å². The number of ketones is 1. The normalized spacial score (nSPS) is 20.4. The van der Waals surface area contributed by atoms with Gasteiger partial charge >= 0.3 is 0 Å². The van der Waals surface area contributed by atoms with Gasteiger partial charge in [-0.05, 0) is 60.9 Å². The Kier molecular flexibility index (Phi) is 4.34. The second kappa shape index (κ2) is 7.07. The molecule has 3 heterocycles. The molecule has 1 aliphatic heterocycles. The van der Waals surface area contributed by atoms with Gasteiger partial charge in [0.05, 0.1) is 29.5 Å². The highest BCUT2D eigenvalue weighted by molar-refractivity contribution is 5.93. The third kappa shape index (κ3) is 2.65. The molecule has 2 unspecified atom stereocenters. The van der Waals surface area contributed by atoms with Crippen molar-refractivity contribution >= 4 is 23.1 Å². The number of aryl methyl sites for hydroxylation is 1. The quantitative estimate of drug-likeness (QED) is 0.489. The Labute approximate surface area is 189 Å². The molecule has 33 heavy (non-hydrogen) atoms. The molecule has 3 aromatic rings. The summed E-state index contributed by atoms with van der Waals surface area (Å²) < 4.78 is 16.5. The van der Waals surface area contributed by atoms with Crippen molar-refractivity contribution < 1.29 is 14.0 Å². The number of aromatic nitrogens is 2. The largest absolute Gasteiger partial charge is 0.352 e. The van der Waals surface area contributed by atoms with E-state index in [-0.39, 0.29) is 29.1 Å². The van der Waals surface area contributed by atoms with Crippen LogP contribution in [0.2, 0.25) is 0 Å². The zero-order valence-electron chi connectivity index (χ0n) is 18.6. The summed E-state index contributed by atoms with van der Waals surface area (Å²) >= 11 is 0. The molecule has 1 aromatic carbocycles. The number of nitrogens with one attached hydrogen (secondary N) is 1. The van der Waals surface area contributed by atoms with Crippen LogP contribution >= 0.6 is 0 Å². The van der Waals surface area contributed by atoms with Crippen molar-refractivity contribution in [3.8, 4) is 11.4 Å². The zero-order chi connectivity index (χ0) is 23.0. The average molecular weight is 445 g/mol. The molecule has 0 radical (unpaired) electrons. The number of Topliss-reactive ketones (excluding diaryl/α,β-unsaturated/α-hetero) is 1. The fourth-order valence-corrected chi connectivity index (χ4v) is 6.22. The van der Waals surface area contributed by atoms with Gasteiger partial charge in [0.15, 0.2) is 0 Å². The van der Waals surface area contributed by atoms with Crippen LogP contribution in [-0.2, 0) is 29.0 Å². The Hall–Kier alpha value is -3.35. The maximum atomic E-state index is 14.8. The predicted molar refractivity (Wildman–Crippen MR) is 122 cm³/mol. The molecule has 1 N–H and O–H groups in total. The first-order chi connectivity index (χ1) is 15.9. The lowest BCUT2D eigenvalue weighted by molar-refractivity contribution is -0.121. The third-order valence-electron chi connectivity index (χ3n) is 7.83. The summed E-state index contributed by atoms with van der Waals surface area (Å²) in [6, 6.07) is 3.19. The number of pyridine rings is 2. The Morgan fingerprint density at radius 1 is 1.18 bits per heavy atom. The van der Waals surface area contributed by atoms with E-state index in [9.17, 15) is 18.8 Å². The van der Waals surface area contributed by atoms with Crippen LogP contribution in [-0.4, -0.2) is 21.7 Å². The van der Waals surface area contributed by atoms with Gasteiger partial charge in [-0.25, -0.2) is 9.37 Å². The van der Waals surface area contributed by atoms with Gasteiger partial charge in [-0.15, -0.1) is 0 Å². The molecular weight excluding hydrogens is 421 g/mol. The van der Waals surface area contributed by atoms with E-state index in [4.69, 9.17) is 4.98 Å². The molecule has 2 atom stereocenters. The van der Waals surface area contributed by atoms with Crippen molar-refractivity contribution in [2.75, 3.05) is 0 Å². The second-order valence-electron chi connectivity index (χ2n) is 9.37. The van der Waals surface area contributed by atoms with Crippen molar-refractivity contribution in [2.45, 2.75) is 64.5 Å². The number of carbonyl (C=O) groups excluding carboxylic acids is 2. The Balaban J connectivity index is 1.68. The lowest BCUT2D eigenvalue weighted by Gasteiger charge is -2.28. The van der Waals surface area contributed by atoms with E-state index in [0.717, 1.165) is 33.2 Å². The van der Waals surface area contributed by atoms with Gasteiger partial charge in [-0.2, -0.15) is 0 Å². The van der Waals surface area contributed by atoms with E-state index < -0.39 is 0 Å². The SMILES string of the molecule is CCC1C(=O)CCc2c1cc1n(c2=O)Cc2c-1nc1cc(F)c(C)c3c1c2C(NC=O)CC3. The van der Waals surface area contributed by atoms with Crippen LogP contribution in [0.1, 0.15) is 71.5 Å². The molecular formula is C26H24FN3O3. The number of benzene rings is 1. The van der Waals surface area contributed by atoms with E-state index in [1.807, 2.05) is 13.0 Å². The number of hydrogen-bond acceptors (Lipinski definition) is 4. The highest BCUT2D eigenvalue weighted by Gasteiger charge is 2.36. The van der Waals surface area contributed by atoms with Crippen molar-refractivity contribution in [3.05, 3.63) is 61.7 Å². The van der Waals surface area contributed by atoms with E-state index in [0.29, 0.717) is 67.5 Å². The topological polar surface area (TPSA) is 81.1 Å². The predicted octanol–water partition coefficient (Wildman–Crippen LogP) is 3.61. The fraction of sp³-hybridized carbons (Fsp3) is 0.385. The molecule has 0 saturated heterocycles. The van der Waals surface area contributed by atoms with Gasteiger partial charge < -0.3 is 9.88 Å². The highest BCUT2D eigenvalue weighted by Crippen LogP contribution is 2.45. The Morgan fingerprint density at radius 2 is 2.00 bits per heavy atom. The number of carbonyl (C=O) groups is 2. The van der Waals surface area contributed by atoms with Crippen molar-refractivity contribution in [1.29, 1.82) is 0 Å². The van der Waals surface area contributed by atoms with Crippen LogP contribution in [0, 0.1) is 12.7 Å². The van der Waals surface area contributed by atoms with E-state index >= 15 is 0 Å². The maximum Gasteiger partial charge on any atom is 0.254 e. The van der Waals surface area contributed by atoms with E-state index in [1.165, 1.54) is 6.07 Å². The monoisotopic (exact) mass is 445 g/mol. The molecule has 0 fully saturated rings. The smallest absolute Gasteiger partial charge is 0.254 e. The minimum absolute atomic E-state index is 0.0685. The number of fused-ring (bicyclic) bond motifs is 5. The van der Waals surface area contributed by atoms with Gasteiger partial charge in [-0.3, -0.25) is 14.4 Å². The maximum absolute atomic E-state index is 14.8. The van der Waals surface area contributed by atoms with Crippen molar-refractivity contribution in [3.63, 3.8) is 0 Å². The average Bonchev–Trinajstić information content (AvgIpc) is 3.17. The number of rotatable bonds is 3. The first kappa shape index (κ1) is 20.3. The van der Waals surface area contributed by atoms with Gasteiger partial charge in [-0.1, -0.05) is 6.92 Å². The Morgan fingerprint density at radius 3 is 2.76 bits per heavy atom. The molecule has 6 rings (SSSR count). The summed E-state index contributed by atoms with van der Waals surface area (Å²) in [5.41, 5.74) is 6.73. The molecule has 2 aliphatic carbocycles. The second-order valence-corrected chi connectivity index (χ2v) is 9.37. The molecule has 0 bridgehead atoms. The molecule has 2 aromatic heterocycles.